The average Bonchev–Trinajstić information content (AvgIpc) is 2.40. The molecule has 0 unspecified atom stereocenters. The van der Waals surface area contributed by atoms with Gasteiger partial charge in [-0.2, -0.15) is 0 Å². The summed E-state index contributed by atoms with van der Waals surface area (Å²) in [5.74, 6) is -5.46. The van der Waals surface area contributed by atoms with Crippen molar-refractivity contribution in [2.24, 2.45) is 0 Å². The molecule has 4 aromatic carbocycles. The van der Waals surface area contributed by atoms with E-state index in [1.165, 1.54) is 6.08 Å². The first-order valence-corrected chi connectivity index (χ1v) is 29.7. The minimum Gasteiger partial charge on any atom is -0.461 e. The molecule has 0 bridgehead atoms. The highest BCUT2D eigenvalue weighted by molar-refractivity contribution is 5.97. The number of ether oxygens (including phenoxy) is 1. The average molecular weight is 1190 g/mol. The minimum absolute atomic E-state index is 0.00177. The molecule has 0 aliphatic rings. The van der Waals surface area contributed by atoms with Crippen molar-refractivity contribution in [3.05, 3.63) is 132 Å². The van der Waals surface area contributed by atoms with E-state index in [4.69, 9.17) is 10.1 Å². The van der Waals surface area contributed by atoms with Crippen molar-refractivity contribution in [1.82, 2.24) is 58.5 Å². The molecule has 0 fully saturated rings. The molecule has 0 aliphatic carbocycles. The number of fused-ring (bicyclic) bond motifs is 1. The van der Waals surface area contributed by atoms with E-state index >= 15 is 0 Å². The van der Waals surface area contributed by atoms with Gasteiger partial charge in [-0.25, -0.2) is 0 Å². The van der Waals surface area contributed by atoms with Gasteiger partial charge in [0.25, 0.3) is 0 Å². The maximum absolute atomic E-state index is 14.8. The zero-order valence-corrected chi connectivity index (χ0v) is 50.5. The van der Waals surface area contributed by atoms with E-state index in [9.17, 15) is 43.2 Å². The Morgan fingerprint density at radius 2 is 1.09 bits per heavy atom. The van der Waals surface area contributed by atoms with Crippen molar-refractivity contribution in [3.63, 3.8) is 0 Å². The first-order valence-electron chi connectivity index (χ1n) is 29.7. The van der Waals surface area contributed by atoms with Gasteiger partial charge in [-0.1, -0.05) is 141 Å². The monoisotopic (exact) mass is 1190 g/mol. The van der Waals surface area contributed by atoms with Gasteiger partial charge in [-0.05, 0) is 106 Å². The van der Waals surface area contributed by atoms with E-state index in [-0.39, 0.29) is 64.1 Å². The second-order valence-electron chi connectivity index (χ2n) is 21.2. The SMILES string of the molecule is C=CCOC(=O)CC[C@@H](NC(=O)CNC(=O)[C@H](Cc1ccc2ccccc2c1)NC(=O)[C@@H](CCCNC(=N)NC)NC(=O)[C@H](CCCCNC)NC(=O)[C@H](Cc1ccc(C)cc1)NC(=O)[C@H](Cc1ccccc1)NC)C(=O)N[C@H](C=O)CCCCC. The van der Waals surface area contributed by atoms with Gasteiger partial charge in [0.15, 0.2) is 5.96 Å². The summed E-state index contributed by atoms with van der Waals surface area (Å²) in [6.07, 6.45) is 6.17. The molecule has 0 saturated carbocycles. The van der Waals surface area contributed by atoms with Crippen molar-refractivity contribution in [3.8, 4) is 0 Å². The molecule has 22 nitrogen and oxygen atoms in total. The maximum Gasteiger partial charge on any atom is 0.306 e. The largest absolute Gasteiger partial charge is 0.461 e. The number of likely N-dealkylation sites (N-methyl/N-ethyl adjacent to an activating group) is 1. The number of hydrogen-bond donors (Lipinski definition) is 12. The summed E-state index contributed by atoms with van der Waals surface area (Å²) in [5, 5.41) is 40.9. The number of aldehydes is 1. The van der Waals surface area contributed by atoms with E-state index in [1.807, 2.05) is 105 Å². The first-order chi connectivity index (χ1) is 41.5. The molecule has 466 valence electrons. The summed E-state index contributed by atoms with van der Waals surface area (Å²) in [5.41, 5.74) is 3.32. The highest BCUT2D eigenvalue weighted by atomic mass is 16.5. The smallest absolute Gasteiger partial charge is 0.306 e. The Balaban J connectivity index is 1.64. The minimum atomic E-state index is -1.35. The van der Waals surface area contributed by atoms with E-state index in [0.717, 1.165) is 40.3 Å². The number of benzene rings is 4. The van der Waals surface area contributed by atoms with Crippen LogP contribution in [0.15, 0.2) is 110 Å². The van der Waals surface area contributed by atoms with Gasteiger partial charge in [-0.3, -0.25) is 43.8 Å². The number of guanidine groups is 1. The van der Waals surface area contributed by atoms with Crippen LogP contribution in [-0.2, 0) is 67.2 Å². The first kappa shape index (κ1) is 70.0. The summed E-state index contributed by atoms with van der Waals surface area (Å²) in [6.45, 7) is 7.56. The van der Waals surface area contributed by atoms with Crippen LogP contribution in [0.1, 0.15) is 99.8 Å². The van der Waals surface area contributed by atoms with Gasteiger partial charge in [0.1, 0.15) is 43.1 Å². The molecule has 4 aromatic rings. The Hall–Kier alpha value is -8.50. The Morgan fingerprint density at radius 1 is 0.547 bits per heavy atom. The topological polar surface area (TPSA) is 319 Å². The third-order valence-electron chi connectivity index (χ3n) is 14.4. The lowest BCUT2D eigenvalue weighted by Gasteiger charge is -2.27. The Bertz CT molecular complexity index is 2840. The second-order valence-corrected chi connectivity index (χ2v) is 21.2. The van der Waals surface area contributed by atoms with E-state index < -0.39 is 96.2 Å². The molecule has 86 heavy (non-hydrogen) atoms. The summed E-state index contributed by atoms with van der Waals surface area (Å²) in [6, 6.07) is 22.3. The van der Waals surface area contributed by atoms with Crippen molar-refractivity contribution in [2.75, 3.05) is 47.4 Å². The number of unbranched alkanes of at least 4 members (excludes halogenated alkanes) is 3. The van der Waals surface area contributed by atoms with Gasteiger partial charge in [-0.15, -0.1) is 0 Å². The molecule has 0 saturated heterocycles. The molecular weight excluding hydrogens is 1100 g/mol. The fraction of sp³-hybridized carbons (Fsp3) is 0.469. The van der Waals surface area contributed by atoms with Crippen LogP contribution in [0.25, 0.3) is 10.8 Å². The molecule has 4 rings (SSSR count). The normalized spacial score (nSPS) is 13.4. The van der Waals surface area contributed by atoms with Gasteiger partial charge in [0.05, 0.1) is 18.6 Å². The molecule has 0 heterocycles. The summed E-state index contributed by atoms with van der Waals surface area (Å²) < 4.78 is 5.08. The van der Waals surface area contributed by atoms with Gasteiger partial charge in [0, 0.05) is 32.9 Å². The van der Waals surface area contributed by atoms with Crippen LogP contribution in [-0.4, -0.2) is 149 Å². The highest BCUT2D eigenvalue weighted by Crippen LogP contribution is 2.18. The quantitative estimate of drug-likeness (QED) is 0.00762. The Kier molecular flexibility index (Phi) is 31.9. The summed E-state index contributed by atoms with van der Waals surface area (Å²) in [4.78, 5) is 124. The predicted octanol–water partition coefficient (Wildman–Crippen LogP) is 2.99. The number of esters is 1. The zero-order chi connectivity index (χ0) is 62.6. The Labute approximate surface area is 505 Å². The van der Waals surface area contributed by atoms with Crippen LogP contribution in [0.5, 0.6) is 0 Å². The highest BCUT2D eigenvalue weighted by Gasteiger charge is 2.33. The number of amides is 7. The van der Waals surface area contributed by atoms with Crippen LogP contribution in [0.3, 0.4) is 0 Å². The van der Waals surface area contributed by atoms with Crippen LogP contribution in [0.2, 0.25) is 0 Å². The molecule has 7 amide bonds. The van der Waals surface area contributed by atoms with E-state index in [0.29, 0.717) is 50.5 Å². The third-order valence-corrected chi connectivity index (χ3v) is 14.4. The molecule has 0 aliphatic heterocycles. The molecule has 0 aromatic heterocycles. The molecule has 7 atom stereocenters. The fourth-order valence-electron chi connectivity index (χ4n) is 9.40. The second kappa shape index (κ2) is 39.2. The molecule has 0 radical (unpaired) electrons. The number of carbonyl (C=O) groups is 9. The van der Waals surface area contributed by atoms with Crippen molar-refractivity contribution < 1.29 is 47.9 Å². The molecule has 12 N–H and O–H groups in total. The number of carbonyl (C=O) groups excluding carboxylic acids is 9. The van der Waals surface area contributed by atoms with Crippen LogP contribution < -0.4 is 58.5 Å². The van der Waals surface area contributed by atoms with Crippen molar-refractivity contribution in [1.29, 1.82) is 5.41 Å². The predicted molar refractivity (Wildman–Crippen MR) is 333 cm³/mol. The Morgan fingerprint density at radius 3 is 1.73 bits per heavy atom. The number of hydrogen-bond acceptors (Lipinski definition) is 13. The van der Waals surface area contributed by atoms with Crippen LogP contribution >= 0.6 is 0 Å². The van der Waals surface area contributed by atoms with Gasteiger partial charge >= 0.3 is 5.97 Å². The van der Waals surface area contributed by atoms with Crippen LogP contribution in [0, 0.1) is 12.3 Å². The van der Waals surface area contributed by atoms with Gasteiger partial charge in [0.2, 0.25) is 41.4 Å². The number of rotatable bonds is 40. The van der Waals surface area contributed by atoms with Crippen molar-refractivity contribution in [2.45, 2.75) is 146 Å². The molecule has 0 spiro atoms. The lowest BCUT2D eigenvalue weighted by Crippen LogP contribution is -2.59. The summed E-state index contributed by atoms with van der Waals surface area (Å²) in [7, 11) is 5.03. The van der Waals surface area contributed by atoms with Crippen LogP contribution in [0.4, 0.5) is 0 Å². The van der Waals surface area contributed by atoms with Crippen molar-refractivity contribution >= 4 is 70.3 Å². The van der Waals surface area contributed by atoms with Gasteiger partial charge < -0.3 is 68.0 Å². The molecular formula is C64H90N12O10. The standard InChI is InChI=1S/C64H90N12O10/c1-7-9-11-23-49(42-77)71-59(81)52(32-33-57(79)86-36-8-2)72-56(78)41-70-58(80)54(40-46-30-31-47-21-14-15-22-48(47)37-46)75-61(83)51(25-18-35-69-64(65)68-6)73-60(82)50(24-16-17-34-66-4)74-63(85)55(39-45-28-26-43(3)27-29-45)76-62(84)53(67-5)38-44-19-12-10-13-20-44/h8,10,12-15,19-22,26-31,37,42,49-55,66-67H,2,7,9,11,16-18,23-25,32-36,38-41H2,1,3-6H3,(H,70,80)(H,71,81)(H,72,78)(H,73,82)(H,74,85)(H,75,83)(H,76,84)(H3,65,68,69)/t49-,50-,51+,52+,53-,54-,55-/m0/s1. The molecule has 22 heteroatoms. The lowest BCUT2D eigenvalue weighted by molar-refractivity contribution is -0.143. The maximum atomic E-state index is 14.8. The number of aryl methyl sites for hydroxylation is 1. The zero-order valence-electron chi connectivity index (χ0n) is 50.5. The third kappa shape index (κ3) is 25.8. The summed E-state index contributed by atoms with van der Waals surface area (Å²) >= 11 is 0. The number of nitrogens with one attached hydrogen (secondary N) is 12. The van der Waals surface area contributed by atoms with E-state index in [1.54, 1.807) is 27.2 Å². The van der Waals surface area contributed by atoms with E-state index in [2.05, 4.69) is 65.1 Å². The lowest BCUT2D eigenvalue weighted by atomic mass is 10.00. The fourth-order valence-corrected chi connectivity index (χ4v) is 9.40.